The number of piperazine rings is 1. The highest BCUT2D eigenvalue weighted by molar-refractivity contribution is 5.74. The molecule has 0 spiro atoms. The predicted molar refractivity (Wildman–Crippen MR) is 110 cm³/mol. The number of hydrogen-bond acceptors (Lipinski definition) is 4. The first kappa shape index (κ1) is 17.2. The number of rotatable bonds is 2. The number of aryl methyl sites for hydroxylation is 2. The maximum Gasteiger partial charge on any atom is 0.219 e. The number of aromatic nitrogens is 3. The molecule has 1 aliphatic carbocycles. The van der Waals surface area contributed by atoms with Crippen LogP contribution in [0.2, 0.25) is 0 Å². The molecule has 3 heterocycles. The summed E-state index contributed by atoms with van der Waals surface area (Å²) in [7, 11) is 0. The molecule has 0 radical (unpaired) electrons. The molecule has 0 N–H and O–H groups in total. The van der Waals surface area contributed by atoms with E-state index in [-0.39, 0.29) is 5.91 Å². The molecule has 6 nitrogen and oxygen atoms in total. The number of anilines is 1. The van der Waals surface area contributed by atoms with E-state index in [1.807, 2.05) is 9.42 Å². The highest BCUT2D eigenvalue weighted by Crippen LogP contribution is 2.33. The van der Waals surface area contributed by atoms with Gasteiger partial charge in [-0.1, -0.05) is 23.8 Å². The fraction of sp³-hybridized carbons (Fsp3) is 0.409. The van der Waals surface area contributed by atoms with Gasteiger partial charge in [0.1, 0.15) is 5.82 Å². The van der Waals surface area contributed by atoms with Crippen molar-refractivity contribution in [3.8, 4) is 11.3 Å². The van der Waals surface area contributed by atoms with E-state index in [1.165, 1.54) is 22.6 Å². The average Bonchev–Trinajstić information content (AvgIpc) is 3.32. The van der Waals surface area contributed by atoms with Gasteiger partial charge in [0.15, 0.2) is 5.65 Å². The van der Waals surface area contributed by atoms with E-state index in [9.17, 15) is 4.79 Å². The van der Waals surface area contributed by atoms with Crippen molar-refractivity contribution in [2.45, 2.75) is 33.1 Å². The molecule has 1 aliphatic heterocycles. The molecule has 2 aromatic heterocycles. The predicted octanol–water partition coefficient (Wildman–Crippen LogP) is 2.86. The van der Waals surface area contributed by atoms with Crippen molar-refractivity contribution in [1.29, 1.82) is 0 Å². The Morgan fingerprint density at radius 2 is 1.89 bits per heavy atom. The molecule has 3 aromatic rings. The normalized spacial score (nSPS) is 16.6. The van der Waals surface area contributed by atoms with Crippen LogP contribution in [0, 0.1) is 6.92 Å². The molecule has 0 bridgehead atoms. The van der Waals surface area contributed by atoms with Crippen molar-refractivity contribution in [2.24, 2.45) is 0 Å². The van der Waals surface area contributed by atoms with Crippen LogP contribution in [0.3, 0.4) is 0 Å². The standard InChI is InChI=1S/C22H25N5O/c1-15-5-3-6-17(13-15)20-14-21-23-19-8-4-7-18(19)22(27(21)24-20)26-11-9-25(10-12-26)16(2)28/h3,5-6,13-14H,4,7-12H2,1-2H3. The molecule has 1 amide bonds. The number of fused-ring (bicyclic) bond motifs is 2. The average molecular weight is 375 g/mol. The third kappa shape index (κ3) is 2.84. The Bertz CT molecular complexity index is 1060. The Balaban J connectivity index is 1.60. The van der Waals surface area contributed by atoms with Crippen molar-refractivity contribution < 1.29 is 4.79 Å². The van der Waals surface area contributed by atoms with Crippen LogP contribution in [0.5, 0.6) is 0 Å². The van der Waals surface area contributed by atoms with Crippen LogP contribution in [0.1, 0.15) is 30.2 Å². The summed E-state index contributed by atoms with van der Waals surface area (Å²) >= 11 is 0. The smallest absolute Gasteiger partial charge is 0.219 e. The molecule has 6 heteroatoms. The lowest BCUT2D eigenvalue weighted by Gasteiger charge is -2.36. The Morgan fingerprint density at radius 1 is 1.07 bits per heavy atom. The minimum absolute atomic E-state index is 0.158. The van der Waals surface area contributed by atoms with Gasteiger partial charge in [-0.3, -0.25) is 4.79 Å². The van der Waals surface area contributed by atoms with Crippen LogP contribution in [0.25, 0.3) is 16.9 Å². The van der Waals surface area contributed by atoms with E-state index < -0.39 is 0 Å². The van der Waals surface area contributed by atoms with Gasteiger partial charge in [0.05, 0.1) is 5.69 Å². The van der Waals surface area contributed by atoms with E-state index in [0.29, 0.717) is 0 Å². The summed E-state index contributed by atoms with van der Waals surface area (Å²) in [6.45, 7) is 6.96. The van der Waals surface area contributed by atoms with Gasteiger partial charge in [0.25, 0.3) is 0 Å². The molecule has 144 valence electrons. The van der Waals surface area contributed by atoms with E-state index in [0.717, 1.165) is 62.3 Å². The number of amides is 1. The number of nitrogens with zero attached hydrogens (tertiary/aromatic N) is 5. The van der Waals surface area contributed by atoms with Gasteiger partial charge >= 0.3 is 0 Å². The first-order valence-electron chi connectivity index (χ1n) is 10.1. The van der Waals surface area contributed by atoms with Crippen LogP contribution >= 0.6 is 0 Å². The van der Waals surface area contributed by atoms with Crippen molar-refractivity contribution in [1.82, 2.24) is 19.5 Å². The second kappa shape index (κ2) is 6.62. The van der Waals surface area contributed by atoms with E-state index in [2.05, 4.69) is 42.2 Å². The highest BCUT2D eigenvalue weighted by Gasteiger charge is 2.28. The van der Waals surface area contributed by atoms with E-state index in [1.54, 1.807) is 6.92 Å². The minimum Gasteiger partial charge on any atom is -0.353 e. The summed E-state index contributed by atoms with van der Waals surface area (Å²) in [5.74, 6) is 1.34. The van der Waals surface area contributed by atoms with Gasteiger partial charge in [-0.2, -0.15) is 9.61 Å². The molecule has 0 saturated carbocycles. The molecule has 2 aliphatic rings. The molecule has 1 aromatic carbocycles. The second-order valence-electron chi connectivity index (χ2n) is 7.88. The molecule has 0 unspecified atom stereocenters. The minimum atomic E-state index is 0.158. The zero-order chi connectivity index (χ0) is 19.3. The van der Waals surface area contributed by atoms with Gasteiger partial charge < -0.3 is 9.80 Å². The molecular formula is C22H25N5O. The van der Waals surface area contributed by atoms with Crippen molar-refractivity contribution in [2.75, 3.05) is 31.1 Å². The Hall–Kier alpha value is -2.89. The lowest BCUT2D eigenvalue weighted by atomic mass is 10.1. The topological polar surface area (TPSA) is 53.7 Å². The molecule has 0 atom stereocenters. The van der Waals surface area contributed by atoms with Gasteiger partial charge in [0, 0.05) is 56.0 Å². The lowest BCUT2D eigenvalue weighted by molar-refractivity contribution is -0.129. The number of hydrogen-bond donors (Lipinski definition) is 0. The zero-order valence-corrected chi connectivity index (χ0v) is 16.5. The number of carbonyl (C=O) groups excluding carboxylic acids is 1. The number of benzene rings is 1. The lowest BCUT2D eigenvalue weighted by Crippen LogP contribution is -2.49. The maximum atomic E-state index is 11.7. The van der Waals surface area contributed by atoms with Crippen molar-refractivity contribution in [3.63, 3.8) is 0 Å². The summed E-state index contributed by atoms with van der Waals surface area (Å²) in [6.07, 6.45) is 3.25. The quantitative estimate of drug-likeness (QED) is 0.691. The van der Waals surface area contributed by atoms with Crippen molar-refractivity contribution in [3.05, 3.63) is 47.2 Å². The fourth-order valence-corrected chi connectivity index (χ4v) is 4.47. The first-order chi connectivity index (χ1) is 13.6. The van der Waals surface area contributed by atoms with Crippen LogP contribution in [-0.2, 0) is 17.6 Å². The Kier molecular flexibility index (Phi) is 4.07. The van der Waals surface area contributed by atoms with Gasteiger partial charge in [0.2, 0.25) is 5.91 Å². The first-order valence-corrected chi connectivity index (χ1v) is 10.1. The summed E-state index contributed by atoms with van der Waals surface area (Å²) in [6, 6.07) is 10.5. The van der Waals surface area contributed by atoms with Crippen LogP contribution < -0.4 is 4.90 Å². The van der Waals surface area contributed by atoms with Gasteiger partial charge in [-0.05, 0) is 32.3 Å². The van der Waals surface area contributed by atoms with Gasteiger partial charge in [-0.25, -0.2) is 4.98 Å². The zero-order valence-electron chi connectivity index (χ0n) is 16.5. The van der Waals surface area contributed by atoms with E-state index >= 15 is 0 Å². The second-order valence-corrected chi connectivity index (χ2v) is 7.88. The third-order valence-corrected chi connectivity index (χ3v) is 5.94. The summed E-state index contributed by atoms with van der Waals surface area (Å²) in [5, 5.41) is 4.96. The van der Waals surface area contributed by atoms with Crippen LogP contribution in [-0.4, -0.2) is 51.6 Å². The number of carbonyl (C=O) groups is 1. The molecule has 1 fully saturated rings. The molecule has 1 saturated heterocycles. The Labute approximate surface area is 164 Å². The summed E-state index contributed by atoms with van der Waals surface area (Å²) in [5.41, 5.74) is 6.78. The third-order valence-electron chi connectivity index (χ3n) is 5.94. The van der Waals surface area contributed by atoms with Crippen LogP contribution in [0.4, 0.5) is 5.82 Å². The summed E-state index contributed by atoms with van der Waals surface area (Å²) < 4.78 is 2.03. The Morgan fingerprint density at radius 3 is 2.64 bits per heavy atom. The molecule has 5 rings (SSSR count). The van der Waals surface area contributed by atoms with Gasteiger partial charge in [-0.15, -0.1) is 0 Å². The van der Waals surface area contributed by atoms with Crippen molar-refractivity contribution >= 4 is 17.4 Å². The maximum absolute atomic E-state index is 11.7. The highest BCUT2D eigenvalue weighted by atomic mass is 16.2. The molecular weight excluding hydrogens is 350 g/mol. The summed E-state index contributed by atoms with van der Waals surface area (Å²) in [4.78, 5) is 21.0. The largest absolute Gasteiger partial charge is 0.353 e. The fourth-order valence-electron chi connectivity index (χ4n) is 4.47. The van der Waals surface area contributed by atoms with Crippen LogP contribution in [0.15, 0.2) is 30.3 Å². The SMILES string of the molecule is CC(=O)N1CCN(c2c3c(nc4cc(-c5cccc(C)c5)nn24)CCC3)CC1. The molecule has 28 heavy (non-hydrogen) atoms. The monoisotopic (exact) mass is 375 g/mol. The van der Waals surface area contributed by atoms with E-state index in [4.69, 9.17) is 10.1 Å².